The predicted octanol–water partition coefficient (Wildman–Crippen LogP) is 7.35. The molecule has 1 fully saturated rings. The molecular formula is C25H35FO. The summed E-state index contributed by atoms with van der Waals surface area (Å²) in [5.41, 5.74) is 2.92. The van der Waals surface area contributed by atoms with Gasteiger partial charge in [-0.1, -0.05) is 56.4 Å². The molecule has 0 saturated heterocycles. The summed E-state index contributed by atoms with van der Waals surface area (Å²) in [6, 6.07) is 3.51. The molecule has 0 radical (unpaired) electrons. The molecule has 0 spiro atoms. The Hall–Kier alpha value is -1.44. The lowest BCUT2D eigenvalue weighted by Crippen LogP contribution is -2.23. The second kappa shape index (κ2) is 9.17. The van der Waals surface area contributed by atoms with Gasteiger partial charge in [-0.25, -0.2) is 4.39 Å². The molecule has 3 rings (SSSR count). The Morgan fingerprint density at radius 2 is 1.81 bits per heavy atom. The molecule has 0 heterocycles. The van der Waals surface area contributed by atoms with Crippen LogP contribution in [-0.4, -0.2) is 5.78 Å². The maximum absolute atomic E-state index is 14.1. The number of allylic oxidation sites excluding steroid dienone is 2. The Kier molecular flexibility index (Phi) is 6.89. The van der Waals surface area contributed by atoms with Crippen molar-refractivity contribution in [2.24, 2.45) is 17.8 Å². The fourth-order valence-corrected chi connectivity index (χ4v) is 5.28. The zero-order valence-corrected chi connectivity index (χ0v) is 17.3. The van der Waals surface area contributed by atoms with E-state index in [1.54, 1.807) is 26.0 Å². The number of aryl methyl sites for hydroxylation is 1. The quantitative estimate of drug-likeness (QED) is 0.378. The first kappa shape index (κ1) is 20.3. The molecule has 0 amide bonds. The van der Waals surface area contributed by atoms with Gasteiger partial charge < -0.3 is 0 Å². The van der Waals surface area contributed by atoms with Crippen LogP contribution in [0.5, 0.6) is 0 Å². The van der Waals surface area contributed by atoms with Crippen molar-refractivity contribution in [2.75, 3.05) is 0 Å². The van der Waals surface area contributed by atoms with E-state index >= 15 is 0 Å². The van der Waals surface area contributed by atoms with E-state index in [2.05, 4.69) is 13.0 Å². The largest absolute Gasteiger partial charge is 0.294 e. The van der Waals surface area contributed by atoms with Crippen LogP contribution >= 0.6 is 0 Å². The van der Waals surface area contributed by atoms with Gasteiger partial charge in [-0.3, -0.25) is 4.79 Å². The minimum Gasteiger partial charge on any atom is -0.294 e. The van der Waals surface area contributed by atoms with E-state index < -0.39 is 0 Å². The zero-order chi connectivity index (χ0) is 19.4. The van der Waals surface area contributed by atoms with Crippen LogP contribution in [0.3, 0.4) is 0 Å². The van der Waals surface area contributed by atoms with E-state index in [-0.39, 0.29) is 11.6 Å². The van der Waals surface area contributed by atoms with Crippen molar-refractivity contribution in [1.29, 1.82) is 0 Å². The third-order valence-corrected chi connectivity index (χ3v) is 7.07. The highest BCUT2D eigenvalue weighted by Crippen LogP contribution is 2.41. The van der Waals surface area contributed by atoms with E-state index in [0.29, 0.717) is 23.1 Å². The number of carbonyl (C=O) groups is 1. The molecule has 2 aliphatic carbocycles. The summed E-state index contributed by atoms with van der Waals surface area (Å²) in [6.45, 7) is 5.76. The number of ketones is 1. The Labute approximate surface area is 164 Å². The normalized spacial score (nSPS) is 25.9. The first-order valence-corrected chi connectivity index (χ1v) is 11.0. The van der Waals surface area contributed by atoms with Crippen molar-refractivity contribution in [2.45, 2.75) is 85.0 Å². The van der Waals surface area contributed by atoms with Gasteiger partial charge in [0.15, 0.2) is 5.78 Å². The van der Waals surface area contributed by atoms with Crippen LogP contribution < -0.4 is 0 Å². The number of halogens is 1. The van der Waals surface area contributed by atoms with Gasteiger partial charge in [-0.15, -0.1) is 0 Å². The van der Waals surface area contributed by atoms with Gasteiger partial charge in [0.25, 0.3) is 0 Å². The molecule has 0 aliphatic heterocycles. The van der Waals surface area contributed by atoms with Crippen LogP contribution in [-0.2, 0) is 0 Å². The van der Waals surface area contributed by atoms with Crippen LogP contribution in [0, 0.1) is 37.4 Å². The molecule has 27 heavy (non-hydrogen) atoms. The second-order valence-electron chi connectivity index (χ2n) is 8.94. The highest BCUT2D eigenvalue weighted by atomic mass is 19.1. The third-order valence-electron chi connectivity index (χ3n) is 7.07. The average molecular weight is 371 g/mol. The summed E-state index contributed by atoms with van der Waals surface area (Å²) in [7, 11) is 0. The lowest BCUT2D eigenvalue weighted by molar-refractivity contribution is 0.0989. The molecule has 1 aromatic carbocycles. The summed E-state index contributed by atoms with van der Waals surface area (Å²) in [6.07, 6.45) is 14.5. The van der Waals surface area contributed by atoms with Crippen molar-refractivity contribution in [3.8, 4) is 0 Å². The molecule has 1 aromatic rings. The maximum Gasteiger partial charge on any atom is 0.167 e. The average Bonchev–Trinajstić information content (AvgIpc) is 2.68. The van der Waals surface area contributed by atoms with Gasteiger partial charge in [-0.05, 0) is 74.8 Å². The van der Waals surface area contributed by atoms with Gasteiger partial charge in [-0.2, -0.15) is 0 Å². The number of carbonyl (C=O) groups excluding carboxylic acids is 1. The highest BCUT2D eigenvalue weighted by Gasteiger charge is 2.28. The van der Waals surface area contributed by atoms with Crippen LogP contribution in [0.4, 0.5) is 4.39 Å². The number of hydrogen-bond acceptors (Lipinski definition) is 1. The van der Waals surface area contributed by atoms with Crippen molar-refractivity contribution < 1.29 is 9.18 Å². The van der Waals surface area contributed by atoms with Gasteiger partial charge in [0.05, 0.1) is 0 Å². The molecule has 0 aromatic heterocycles. The molecule has 2 aliphatic rings. The molecule has 0 bridgehead atoms. The first-order valence-electron chi connectivity index (χ1n) is 11.0. The molecule has 0 N–H and O–H groups in total. The minimum absolute atomic E-state index is 0.0659. The Morgan fingerprint density at radius 3 is 2.44 bits per heavy atom. The van der Waals surface area contributed by atoms with Crippen molar-refractivity contribution in [1.82, 2.24) is 0 Å². The maximum atomic E-state index is 14.1. The van der Waals surface area contributed by atoms with Crippen molar-refractivity contribution >= 4 is 5.78 Å². The van der Waals surface area contributed by atoms with Crippen molar-refractivity contribution in [3.63, 3.8) is 0 Å². The van der Waals surface area contributed by atoms with Crippen LogP contribution in [0.25, 0.3) is 0 Å². The van der Waals surface area contributed by atoms with E-state index in [0.717, 1.165) is 30.6 Å². The molecular weight excluding hydrogens is 335 g/mol. The van der Waals surface area contributed by atoms with E-state index in [1.165, 1.54) is 50.5 Å². The van der Waals surface area contributed by atoms with Gasteiger partial charge in [0, 0.05) is 12.0 Å². The summed E-state index contributed by atoms with van der Waals surface area (Å²) in [5.74, 6) is 2.50. The van der Waals surface area contributed by atoms with E-state index in [4.69, 9.17) is 0 Å². The molecule has 1 atom stereocenters. The summed E-state index contributed by atoms with van der Waals surface area (Å²) < 4.78 is 14.1. The van der Waals surface area contributed by atoms with Crippen LogP contribution in [0.15, 0.2) is 23.8 Å². The topological polar surface area (TPSA) is 17.1 Å². The van der Waals surface area contributed by atoms with Gasteiger partial charge >= 0.3 is 0 Å². The summed E-state index contributed by atoms with van der Waals surface area (Å²) >= 11 is 0. The predicted molar refractivity (Wildman–Crippen MR) is 111 cm³/mol. The smallest absolute Gasteiger partial charge is 0.167 e. The monoisotopic (exact) mass is 370 g/mol. The lowest BCUT2D eigenvalue weighted by Gasteiger charge is -2.35. The minimum atomic E-state index is -0.239. The van der Waals surface area contributed by atoms with Gasteiger partial charge in [0.1, 0.15) is 5.82 Å². The SMILES string of the molecule is CCCC1CCC(C2CC=C(CC(=O)c3ccc(C)c(F)c3C)CC2)CC1. The number of rotatable bonds is 6. The molecule has 1 nitrogen and oxygen atoms in total. The van der Waals surface area contributed by atoms with Crippen molar-refractivity contribution in [3.05, 3.63) is 46.3 Å². The van der Waals surface area contributed by atoms with Gasteiger partial charge in [0.2, 0.25) is 0 Å². The number of benzene rings is 1. The summed E-state index contributed by atoms with van der Waals surface area (Å²) in [4.78, 5) is 12.7. The second-order valence-corrected chi connectivity index (χ2v) is 8.94. The Balaban J connectivity index is 1.54. The molecule has 1 unspecified atom stereocenters. The molecule has 148 valence electrons. The summed E-state index contributed by atoms with van der Waals surface area (Å²) in [5, 5.41) is 0. The Morgan fingerprint density at radius 1 is 1.07 bits per heavy atom. The fraction of sp³-hybridized carbons (Fsp3) is 0.640. The first-order chi connectivity index (χ1) is 13.0. The van der Waals surface area contributed by atoms with E-state index in [1.807, 2.05) is 0 Å². The fourth-order valence-electron chi connectivity index (χ4n) is 5.28. The number of hydrogen-bond donors (Lipinski definition) is 0. The third kappa shape index (κ3) is 4.89. The number of Topliss-reactive ketones (excluding diaryl/α,β-unsaturated/α-hetero) is 1. The van der Waals surface area contributed by atoms with Crippen LogP contribution in [0.1, 0.15) is 92.6 Å². The Bertz CT molecular complexity index is 695. The highest BCUT2D eigenvalue weighted by molar-refractivity contribution is 5.98. The lowest BCUT2D eigenvalue weighted by atomic mass is 9.70. The zero-order valence-electron chi connectivity index (χ0n) is 17.3. The standard InChI is InChI=1S/C25H35FO/c1-4-5-19-7-11-21(12-8-19)22-13-9-20(10-14-22)16-24(27)23-15-6-17(2)25(26)18(23)3/h6,9,15,19,21-22H,4-5,7-8,10-14,16H2,1-3H3. The van der Waals surface area contributed by atoms with Crippen LogP contribution in [0.2, 0.25) is 0 Å². The molecule has 1 saturated carbocycles. The van der Waals surface area contributed by atoms with E-state index in [9.17, 15) is 9.18 Å². The molecule has 2 heteroatoms.